The average molecular weight is 1040 g/mol. The van der Waals surface area contributed by atoms with Crippen molar-refractivity contribution in [2.75, 3.05) is 0 Å². The summed E-state index contributed by atoms with van der Waals surface area (Å²) in [5.74, 6) is 0. The maximum atomic E-state index is 2.34. The van der Waals surface area contributed by atoms with Crippen molar-refractivity contribution in [3.8, 4) is 22.3 Å². The van der Waals surface area contributed by atoms with Gasteiger partial charge in [-0.2, -0.15) is 0 Å². The minimum absolute atomic E-state index is 0.142. The summed E-state index contributed by atoms with van der Waals surface area (Å²) in [5, 5.41) is 5.49. The fraction of sp³-hybridized carbons (Fsp3) is 0.215. The van der Waals surface area contributed by atoms with Crippen LogP contribution in [0.1, 0.15) is 103 Å². The summed E-state index contributed by atoms with van der Waals surface area (Å²) in [6.07, 6.45) is 0. The van der Waals surface area contributed by atoms with Crippen molar-refractivity contribution in [1.29, 1.82) is 0 Å². The van der Waals surface area contributed by atoms with Gasteiger partial charge in [-0.1, -0.05) is 289 Å². The van der Waals surface area contributed by atoms with E-state index in [4.69, 9.17) is 0 Å². The zero-order chi connectivity index (χ0) is 57.2. The van der Waals surface area contributed by atoms with E-state index < -0.39 is 0 Å². The van der Waals surface area contributed by atoms with Gasteiger partial charge in [0.15, 0.2) is 0 Å². The molecule has 0 aromatic heterocycles. The standard InChI is InChI=1S/C17H18.C14H14.2C12H12.3C8H10/c1-11-5-7-13-14-8-6-12(2)10-16(14)17(3,4)15(13)9-11;1-11-3-7-13(8-4-11)14-9-5-12(2)6-10-14;1-9-5-3-8-12-10(2)6-4-7-11(9)12;1-9-7-8-10(2)12-6-4-3-5-11(9)12;1-7-3-5-8(2)6-4-7;1-7-4-3-5-8(2)6-7;1-7-5-3-4-6-8(7)2/h5-10H,1-4H3;3-10H,1-2H3;2*3-8H,1-2H3;3*3-6H,1-2H3. The fourth-order valence-electron chi connectivity index (χ4n) is 9.79. The molecule has 402 valence electrons. The maximum absolute atomic E-state index is 2.34. The number of rotatable bonds is 1. The fourth-order valence-corrected chi connectivity index (χ4v) is 9.79. The highest BCUT2D eigenvalue weighted by atomic mass is 14.4. The molecule has 0 heteroatoms. The summed E-state index contributed by atoms with van der Waals surface area (Å²) >= 11 is 0. The van der Waals surface area contributed by atoms with Crippen LogP contribution in [0.5, 0.6) is 0 Å². The van der Waals surface area contributed by atoms with Crippen LogP contribution in [-0.4, -0.2) is 0 Å². The summed E-state index contributed by atoms with van der Waals surface area (Å²) in [5.41, 5.74) is 27.3. The van der Waals surface area contributed by atoms with E-state index in [1.165, 1.54) is 133 Å². The first-order valence-corrected chi connectivity index (χ1v) is 28.1. The molecule has 1 aliphatic carbocycles. The summed E-state index contributed by atoms with van der Waals surface area (Å²) < 4.78 is 0. The maximum Gasteiger partial charge on any atom is 0.0159 e. The Morgan fingerprint density at radius 1 is 0.203 bits per heavy atom. The smallest absolute Gasteiger partial charge is 0.0159 e. The van der Waals surface area contributed by atoms with Crippen LogP contribution in [0, 0.1) is 96.9 Å². The highest BCUT2D eigenvalue weighted by Crippen LogP contribution is 2.49. The van der Waals surface area contributed by atoms with Crippen molar-refractivity contribution in [3.63, 3.8) is 0 Å². The molecule has 11 aromatic carbocycles. The van der Waals surface area contributed by atoms with E-state index in [9.17, 15) is 0 Å². The van der Waals surface area contributed by atoms with Crippen LogP contribution in [0.2, 0.25) is 0 Å². The van der Waals surface area contributed by atoms with Crippen molar-refractivity contribution in [1.82, 2.24) is 0 Å². The van der Waals surface area contributed by atoms with E-state index >= 15 is 0 Å². The van der Waals surface area contributed by atoms with Gasteiger partial charge >= 0.3 is 0 Å². The molecule has 0 spiro atoms. The summed E-state index contributed by atoms with van der Waals surface area (Å²) in [6, 6.07) is 82.0. The van der Waals surface area contributed by atoms with E-state index in [2.05, 4.69) is 341 Å². The summed E-state index contributed by atoms with van der Waals surface area (Å²) in [7, 11) is 0. The van der Waals surface area contributed by atoms with Gasteiger partial charge in [-0.25, -0.2) is 0 Å². The van der Waals surface area contributed by atoms with Gasteiger partial charge < -0.3 is 0 Å². The molecule has 79 heavy (non-hydrogen) atoms. The second-order valence-corrected chi connectivity index (χ2v) is 22.3. The van der Waals surface area contributed by atoms with E-state index in [-0.39, 0.29) is 5.41 Å². The molecule has 0 unspecified atom stereocenters. The monoisotopic (exact) mass is 1030 g/mol. The molecule has 0 aliphatic heterocycles. The first-order valence-electron chi connectivity index (χ1n) is 28.1. The van der Waals surface area contributed by atoms with Gasteiger partial charge in [0, 0.05) is 5.41 Å². The minimum atomic E-state index is 0.142. The quantitative estimate of drug-likeness (QED) is 0.154. The Morgan fingerprint density at radius 2 is 0.456 bits per heavy atom. The first kappa shape index (κ1) is 60.2. The molecule has 0 amide bonds. The third kappa shape index (κ3) is 17.2. The van der Waals surface area contributed by atoms with Gasteiger partial charge in [0.1, 0.15) is 0 Å². The van der Waals surface area contributed by atoms with Gasteiger partial charge in [-0.3, -0.25) is 0 Å². The number of fused-ring (bicyclic) bond motifs is 5. The zero-order valence-corrected chi connectivity index (χ0v) is 50.4. The van der Waals surface area contributed by atoms with E-state index in [1.807, 2.05) is 0 Å². The lowest BCUT2D eigenvalue weighted by Crippen LogP contribution is -2.15. The van der Waals surface area contributed by atoms with Crippen molar-refractivity contribution < 1.29 is 0 Å². The molecule has 0 fully saturated rings. The third-order valence-electron chi connectivity index (χ3n) is 15.0. The first-order chi connectivity index (χ1) is 37.7. The Balaban J connectivity index is 0.000000152. The Labute approximate surface area is 476 Å². The van der Waals surface area contributed by atoms with Crippen molar-refractivity contribution in [3.05, 3.63) is 320 Å². The number of hydrogen-bond donors (Lipinski definition) is 0. The van der Waals surface area contributed by atoms with Crippen LogP contribution in [0.4, 0.5) is 0 Å². The molecule has 0 radical (unpaired) electrons. The van der Waals surface area contributed by atoms with Crippen LogP contribution in [0.3, 0.4) is 0 Å². The Bertz CT molecular complexity index is 3420. The largest absolute Gasteiger partial charge is 0.0620 e. The predicted octanol–water partition coefficient (Wildman–Crippen LogP) is 22.4. The summed E-state index contributed by atoms with van der Waals surface area (Å²) in [6.45, 7) is 34.5. The molecule has 1 aliphatic rings. The number of benzene rings is 11. The highest BCUT2D eigenvalue weighted by Gasteiger charge is 2.35. The van der Waals surface area contributed by atoms with Crippen molar-refractivity contribution in [2.45, 2.75) is 116 Å². The summed E-state index contributed by atoms with van der Waals surface area (Å²) in [4.78, 5) is 0. The third-order valence-corrected chi connectivity index (χ3v) is 15.0. The van der Waals surface area contributed by atoms with E-state index in [0.717, 1.165) is 0 Å². The molecule has 0 saturated heterocycles. The van der Waals surface area contributed by atoms with Gasteiger partial charge in [0.25, 0.3) is 0 Å². The normalized spacial score (nSPS) is 11.1. The average Bonchev–Trinajstić information content (AvgIpc) is 3.65. The SMILES string of the molecule is Cc1ccc(-c2ccc(C)cc2)cc1.Cc1ccc(C)c2ccccc12.Cc1ccc(C)cc1.Cc1ccc2c(c1)C(C)(C)c1cc(C)ccc1-2.Cc1cccc(C)c1.Cc1cccc2c(C)cccc12.Cc1ccccc1C. The van der Waals surface area contributed by atoms with E-state index in [0.29, 0.717) is 0 Å². The predicted molar refractivity (Wildman–Crippen MR) is 349 cm³/mol. The molecular formula is C79H86. The molecule has 11 aromatic rings. The van der Waals surface area contributed by atoms with Crippen molar-refractivity contribution in [2.24, 2.45) is 0 Å². The van der Waals surface area contributed by atoms with Gasteiger partial charge in [0.05, 0.1) is 0 Å². The van der Waals surface area contributed by atoms with Crippen LogP contribution < -0.4 is 0 Å². The zero-order valence-electron chi connectivity index (χ0n) is 50.4. The van der Waals surface area contributed by atoms with E-state index in [1.54, 1.807) is 0 Å². The molecular weight excluding hydrogens is 949 g/mol. The molecule has 0 saturated carbocycles. The lowest BCUT2D eigenvalue weighted by molar-refractivity contribution is 0.659. The Hall–Kier alpha value is -8.06. The molecule has 0 nitrogen and oxygen atoms in total. The van der Waals surface area contributed by atoms with Gasteiger partial charge in [0.2, 0.25) is 0 Å². The second kappa shape index (κ2) is 28.5. The topological polar surface area (TPSA) is 0 Å². The van der Waals surface area contributed by atoms with Crippen LogP contribution in [-0.2, 0) is 5.41 Å². The van der Waals surface area contributed by atoms with Gasteiger partial charge in [-0.05, 0) is 185 Å². The minimum Gasteiger partial charge on any atom is -0.0620 e. The van der Waals surface area contributed by atoms with Crippen LogP contribution in [0.25, 0.3) is 43.8 Å². The second-order valence-electron chi connectivity index (χ2n) is 22.3. The Morgan fingerprint density at radius 3 is 0.772 bits per heavy atom. The Kier molecular flexibility index (Phi) is 21.7. The van der Waals surface area contributed by atoms with Crippen LogP contribution in [0.15, 0.2) is 231 Å². The van der Waals surface area contributed by atoms with Gasteiger partial charge in [-0.15, -0.1) is 0 Å². The molecule has 0 N–H and O–H groups in total. The lowest BCUT2D eigenvalue weighted by atomic mass is 9.81. The number of aryl methyl sites for hydroxylation is 14. The highest BCUT2D eigenvalue weighted by molar-refractivity contribution is 5.89. The molecule has 12 rings (SSSR count). The lowest BCUT2D eigenvalue weighted by Gasteiger charge is -2.22. The van der Waals surface area contributed by atoms with Crippen LogP contribution >= 0.6 is 0 Å². The molecule has 0 bridgehead atoms. The number of hydrogen-bond acceptors (Lipinski definition) is 0. The van der Waals surface area contributed by atoms with Crippen molar-refractivity contribution >= 4 is 21.5 Å². The molecule has 0 atom stereocenters. The molecule has 0 heterocycles.